The highest BCUT2D eigenvalue weighted by atomic mass is 32.2. The van der Waals surface area contributed by atoms with Crippen LogP contribution < -0.4 is 20.1 Å². The lowest BCUT2D eigenvalue weighted by Crippen LogP contribution is -2.19. The summed E-state index contributed by atoms with van der Waals surface area (Å²) in [6.45, 7) is 6.24. The largest absolute Gasteiger partial charge is 0.454 e. The third-order valence-corrected chi connectivity index (χ3v) is 5.43. The van der Waals surface area contributed by atoms with Gasteiger partial charge < -0.3 is 20.1 Å². The van der Waals surface area contributed by atoms with Gasteiger partial charge in [0.25, 0.3) is 5.91 Å². The third kappa shape index (κ3) is 5.02. The van der Waals surface area contributed by atoms with Crippen molar-refractivity contribution in [2.45, 2.75) is 31.3 Å². The van der Waals surface area contributed by atoms with Gasteiger partial charge in [0.1, 0.15) is 5.82 Å². The van der Waals surface area contributed by atoms with Crippen molar-refractivity contribution >= 4 is 35.0 Å². The number of carbonyl (C=O) groups excluding carboxylic acids is 2. The number of aromatic amines is 1. The second-order valence-corrected chi connectivity index (χ2v) is 9.06. The lowest BCUT2D eigenvalue weighted by molar-refractivity contribution is -0.113. The first-order valence-electron chi connectivity index (χ1n) is 9.95. The Hall–Kier alpha value is -3.53. The summed E-state index contributed by atoms with van der Waals surface area (Å²) < 4.78 is 10.6. The fourth-order valence-corrected chi connectivity index (χ4v) is 3.52. The highest BCUT2D eigenvalue weighted by Crippen LogP contribution is 2.34. The van der Waals surface area contributed by atoms with E-state index >= 15 is 0 Å². The van der Waals surface area contributed by atoms with Crippen LogP contribution in [0.3, 0.4) is 0 Å². The fraction of sp³-hybridized carbons (Fsp3) is 0.273. The summed E-state index contributed by atoms with van der Waals surface area (Å²) in [6, 6.07) is 12.0. The maximum atomic E-state index is 12.8. The average Bonchev–Trinajstić information content (AvgIpc) is 3.41. The molecule has 0 bridgehead atoms. The Kier molecular flexibility index (Phi) is 6.04. The van der Waals surface area contributed by atoms with Crippen molar-refractivity contribution < 1.29 is 19.1 Å². The molecule has 166 valence electrons. The van der Waals surface area contributed by atoms with Gasteiger partial charge in [-0.2, -0.15) is 0 Å². The molecule has 3 aromatic rings. The van der Waals surface area contributed by atoms with E-state index in [9.17, 15) is 9.59 Å². The summed E-state index contributed by atoms with van der Waals surface area (Å²) in [5, 5.41) is 13.2. The van der Waals surface area contributed by atoms with E-state index < -0.39 is 0 Å². The first-order chi connectivity index (χ1) is 15.3. The number of hydrogen-bond donors (Lipinski definition) is 3. The van der Waals surface area contributed by atoms with Crippen LogP contribution in [0.4, 0.5) is 11.4 Å². The summed E-state index contributed by atoms with van der Waals surface area (Å²) in [6.07, 6.45) is 0. The van der Waals surface area contributed by atoms with Crippen molar-refractivity contribution in [1.82, 2.24) is 15.2 Å². The molecule has 1 aliphatic rings. The molecule has 3 N–H and O–H groups in total. The standard InChI is InChI=1S/C22H23N5O4S/c1-22(2,3)20-25-21(27-26-20)32-11-18(28)24-15-7-5-4-6-14(15)19(29)23-13-8-9-16-17(10-13)31-12-30-16/h4-10H,11-12H2,1-3H3,(H,23,29)(H,24,28)(H,25,26,27). The Balaban J connectivity index is 1.39. The number of ether oxygens (including phenoxy) is 2. The van der Waals surface area contributed by atoms with E-state index in [1.807, 2.05) is 20.8 Å². The normalized spacial score (nSPS) is 12.5. The first kappa shape index (κ1) is 21.7. The summed E-state index contributed by atoms with van der Waals surface area (Å²) in [5.41, 5.74) is 1.17. The van der Waals surface area contributed by atoms with Crippen LogP contribution in [-0.2, 0) is 10.2 Å². The molecule has 10 heteroatoms. The molecule has 0 atom stereocenters. The van der Waals surface area contributed by atoms with Gasteiger partial charge >= 0.3 is 0 Å². The molecule has 0 saturated carbocycles. The van der Waals surface area contributed by atoms with E-state index in [1.165, 1.54) is 11.8 Å². The minimum Gasteiger partial charge on any atom is -0.454 e. The maximum absolute atomic E-state index is 12.8. The fourth-order valence-electron chi connectivity index (χ4n) is 2.93. The zero-order valence-corrected chi connectivity index (χ0v) is 18.7. The molecule has 4 rings (SSSR count). The molecule has 0 radical (unpaired) electrons. The van der Waals surface area contributed by atoms with E-state index in [1.54, 1.807) is 42.5 Å². The van der Waals surface area contributed by atoms with Gasteiger partial charge in [-0.3, -0.25) is 14.7 Å². The van der Waals surface area contributed by atoms with E-state index in [0.29, 0.717) is 33.6 Å². The first-order valence-corrected chi connectivity index (χ1v) is 10.9. The average molecular weight is 454 g/mol. The predicted molar refractivity (Wildman–Crippen MR) is 121 cm³/mol. The third-order valence-electron chi connectivity index (χ3n) is 4.58. The van der Waals surface area contributed by atoms with Crippen LogP contribution in [0, 0.1) is 0 Å². The number of amides is 2. The summed E-state index contributed by atoms with van der Waals surface area (Å²) in [5.74, 6) is 1.46. The Labute approximate surface area is 189 Å². The Morgan fingerprint density at radius 3 is 2.66 bits per heavy atom. The smallest absolute Gasteiger partial charge is 0.257 e. The van der Waals surface area contributed by atoms with E-state index in [-0.39, 0.29) is 29.8 Å². The molecule has 2 heterocycles. The molecule has 0 aliphatic carbocycles. The van der Waals surface area contributed by atoms with Crippen molar-refractivity contribution in [2.24, 2.45) is 0 Å². The lowest BCUT2D eigenvalue weighted by atomic mass is 9.96. The van der Waals surface area contributed by atoms with Gasteiger partial charge in [0.15, 0.2) is 11.5 Å². The highest BCUT2D eigenvalue weighted by molar-refractivity contribution is 7.99. The number of carbonyl (C=O) groups is 2. The van der Waals surface area contributed by atoms with Crippen LogP contribution in [0.15, 0.2) is 47.6 Å². The number of para-hydroxylation sites is 1. The Morgan fingerprint density at radius 2 is 1.88 bits per heavy atom. The van der Waals surface area contributed by atoms with E-state index in [2.05, 4.69) is 25.8 Å². The van der Waals surface area contributed by atoms with Gasteiger partial charge in [-0.1, -0.05) is 44.7 Å². The molecule has 0 saturated heterocycles. The van der Waals surface area contributed by atoms with E-state index in [0.717, 1.165) is 5.82 Å². The van der Waals surface area contributed by atoms with Gasteiger partial charge in [-0.25, -0.2) is 4.98 Å². The molecule has 32 heavy (non-hydrogen) atoms. The number of fused-ring (bicyclic) bond motifs is 1. The molecule has 1 aromatic heterocycles. The molecule has 9 nitrogen and oxygen atoms in total. The van der Waals surface area contributed by atoms with E-state index in [4.69, 9.17) is 9.47 Å². The summed E-state index contributed by atoms with van der Waals surface area (Å²) in [7, 11) is 0. The maximum Gasteiger partial charge on any atom is 0.257 e. The molecule has 2 aromatic carbocycles. The molecule has 0 unspecified atom stereocenters. The van der Waals surface area contributed by atoms with Crippen LogP contribution in [0.5, 0.6) is 11.5 Å². The summed E-state index contributed by atoms with van der Waals surface area (Å²) >= 11 is 1.22. The zero-order valence-electron chi connectivity index (χ0n) is 17.9. The zero-order chi connectivity index (χ0) is 22.7. The molecular weight excluding hydrogens is 430 g/mol. The molecule has 0 spiro atoms. The van der Waals surface area contributed by atoms with Gasteiger partial charge in [-0.05, 0) is 24.3 Å². The monoisotopic (exact) mass is 453 g/mol. The number of rotatable bonds is 6. The number of nitrogens with zero attached hydrogens (tertiary/aromatic N) is 2. The quantitative estimate of drug-likeness (QED) is 0.486. The number of benzene rings is 2. The second kappa shape index (κ2) is 8.91. The lowest BCUT2D eigenvalue weighted by Gasteiger charge is -2.12. The van der Waals surface area contributed by atoms with Crippen LogP contribution in [-0.4, -0.2) is 39.5 Å². The van der Waals surface area contributed by atoms with Crippen molar-refractivity contribution in [3.63, 3.8) is 0 Å². The molecular formula is C22H23N5O4S. The summed E-state index contributed by atoms with van der Waals surface area (Å²) in [4.78, 5) is 29.7. The van der Waals surface area contributed by atoms with Gasteiger partial charge in [0.2, 0.25) is 17.9 Å². The van der Waals surface area contributed by atoms with Crippen LogP contribution in [0.1, 0.15) is 37.0 Å². The van der Waals surface area contributed by atoms with Gasteiger partial charge in [0.05, 0.1) is 17.0 Å². The number of hydrogen-bond acceptors (Lipinski definition) is 7. The van der Waals surface area contributed by atoms with Crippen molar-refractivity contribution in [3.05, 3.63) is 53.9 Å². The number of nitrogens with one attached hydrogen (secondary N) is 3. The van der Waals surface area contributed by atoms with Gasteiger partial charge in [-0.15, -0.1) is 5.10 Å². The van der Waals surface area contributed by atoms with Crippen molar-refractivity contribution in [1.29, 1.82) is 0 Å². The Morgan fingerprint density at radius 1 is 1.09 bits per heavy atom. The molecule has 1 aliphatic heterocycles. The van der Waals surface area contributed by atoms with Crippen molar-refractivity contribution in [2.75, 3.05) is 23.2 Å². The van der Waals surface area contributed by atoms with Crippen LogP contribution in [0.25, 0.3) is 0 Å². The minimum atomic E-state index is -0.351. The molecule has 0 fully saturated rings. The number of H-pyrrole nitrogens is 1. The number of anilines is 2. The number of thioether (sulfide) groups is 1. The minimum absolute atomic E-state index is 0.111. The van der Waals surface area contributed by atoms with Crippen LogP contribution >= 0.6 is 11.8 Å². The Bertz CT molecular complexity index is 1160. The van der Waals surface area contributed by atoms with Crippen molar-refractivity contribution in [3.8, 4) is 11.5 Å². The second-order valence-electron chi connectivity index (χ2n) is 8.12. The molecule has 2 amide bonds. The van der Waals surface area contributed by atoms with Gasteiger partial charge in [0, 0.05) is 17.2 Å². The van der Waals surface area contributed by atoms with Crippen LogP contribution in [0.2, 0.25) is 0 Å². The predicted octanol–water partition coefficient (Wildman–Crippen LogP) is 3.81. The number of aromatic nitrogens is 3. The SMILES string of the molecule is CC(C)(C)c1nc(SCC(=O)Nc2ccccc2C(=O)Nc2ccc3c(c2)OCO3)n[nH]1. The topological polar surface area (TPSA) is 118 Å². The highest BCUT2D eigenvalue weighted by Gasteiger charge is 2.20.